The minimum atomic E-state index is 0.609. The second-order valence-electron chi connectivity index (χ2n) is 3.58. The molecule has 1 rings (SSSR count). The van der Waals surface area contributed by atoms with E-state index in [1.54, 1.807) is 0 Å². The Kier molecular flexibility index (Phi) is 3.75. The predicted octanol–water partition coefficient (Wildman–Crippen LogP) is 4.00. The smallest absolute Gasteiger partial charge is 0.0130 e. The topological polar surface area (TPSA) is 0 Å². The third-order valence-corrected chi connectivity index (χ3v) is 2.61. The SMILES string of the molecule is CC=CC(C)C(C)c1ccccc1. The Bertz CT molecular complexity index is 259. The molecular weight excluding hydrogens is 156 g/mol. The highest BCUT2D eigenvalue weighted by molar-refractivity contribution is 5.20. The Balaban J connectivity index is 2.73. The minimum Gasteiger partial charge on any atom is -0.0914 e. The van der Waals surface area contributed by atoms with E-state index in [0.29, 0.717) is 11.8 Å². The van der Waals surface area contributed by atoms with E-state index < -0.39 is 0 Å². The van der Waals surface area contributed by atoms with E-state index in [2.05, 4.69) is 63.3 Å². The molecule has 1 aromatic rings. The molecule has 0 heteroatoms. The number of hydrogen-bond acceptors (Lipinski definition) is 0. The average Bonchev–Trinajstić information content (AvgIpc) is 2.18. The lowest BCUT2D eigenvalue weighted by Gasteiger charge is -2.16. The predicted molar refractivity (Wildman–Crippen MR) is 58.8 cm³/mol. The quantitative estimate of drug-likeness (QED) is 0.607. The largest absolute Gasteiger partial charge is 0.0914 e. The third-order valence-electron chi connectivity index (χ3n) is 2.61. The van der Waals surface area contributed by atoms with Crippen molar-refractivity contribution in [2.45, 2.75) is 26.7 Å². The van der Waals surface area contributed by atoms with Gasteiger partial charge in [0.2, 0.25) is 0 Å². The first-order valence-electron chi connectivity index (χ1n) is 4.93. The van der Waals surface area contributed by atoms with Gasteiger partial charge >= 0.3 is 0 Å². The molecule has 0 aliphatic heterocycles. The highest BCUT2D eigenvalue weighted by atomic mass is 14.1. The standard InChI is InChI=1S/C13H18/c1-4-8-11(2)12(3)13-9-6-5-7-10-13/h4-12H,1-3H3. The van der Waals surface area contributed by atoms with Crippen molar-refractivity contribution >= 4 is 0 Å². The molecule has 2 unspecified atom stereocenters. The maximum absolute atomic E-state index is 2.28. The fourth-order valence-corrected chi connectivity index (χ4v) is 1.53. The van der Waals surface area contributed by atoms with Crippen molar-refractivity contribution in [1.82, 2.24) is 0 Å². The van der Waals surface area contributed by atoms with Crippen LogP contribution in [0.4, 0.5) is 0 Å². The lowest BCUT2D eigenvalue weighted by Crippen LogP contribution is -2.02. The fourth-order valence-electron chi connectivity index (χ4n) is 1.53. The zero-order chi connectivity index (χ0) is 9.68. The summed E-state index contributed by atoms with van der Waals surface area (Å²) in [5.41, 5.74) is 1.42. The summed E-state index contributed by atoms with van der Waals surface area (Å²) in [4.78, 5) is 0. The maximum atomic E-state index is 2.28. The Morgan fingerprint density at radius 3 is 2.23 bits per heavy atom. The Labute approximate surface area is 81.3 Å². The second kappa shape index (κ2) is 4.86. The summed E-state index contributed by atoms with van der Waals surface area (Å²) in [6.07, 6.45) is 4.39. The van der Waals surface area contributed by atoms with E-state index in [1.165, 1.54) is 5.56 Å². The second-order valence-corrected chi connectivity index (χ2v) is 3.58. The summed E-state index contributed by atoms with van der Waals surface area (Å²) < 4.78 is 0. The number of rotatable bonds is 3. The zero-order valence-electron chi connectivity index (χ0n) is 8.70. The van der Waals surface area contributed by atoms with Gasteiger partial charge in [-0.3, -0.25) is 0 Å². The van der Waals surface area contributed by atoms with Crippen LogP contribution in [0.25, 0.3) is 0 Å². The van der Waals surface area contributed by atoms with Crippen molar-refractivity contribution in [3.63, 3.8) is 0 Å². The molecule has 0 N–H and O–H groups in total. The van der Waals surface area contributed by atoms with Crippen molar-refractivity contribution in [1.29, 1.82) is 0 Å². The van der Waals surface area contributed by atoms with Gasteiger partial charge in [-0.15, -0.1) is 0 Å². The molecule has 0 bridgehead atoms. The van der Waals surface area contributed by atoms with Crippen molar-refractivity contribution < 1.29 is 0 Å². The van der Waals surface area contributed by atoms with Crippen LogP contribution in [-0.4, -0.2) is 0 Å². The molecule has 13 heavy (non-hydrogen) atoms. The summed E-state index contributed by atoms with van der Waals surface area (Å²) in [7, 11) is 0. The zero-order valence-corrected chi connectivity index (χ0v) is 8.70. The molecule has 70 valence electrons. The average molecular weight is 174 g/mol. The summed E-state index contributed by atoms with van der Waals surface area (Å²) >= 11 is 0. The van der Waals surface area contributed by atoms with Crippen LogP contribution in [0, 0.1) is 5.92 Å². The van der Waals surface area contributed by atoms with Gasteiger partial charge in [0.25, 0.3) is 0 Å². The Hall–Kier alpha value is -1.04. The van der Waals surface area contributed by atoms with Crippen molar-refractivity contribution in [3.8, 4) is 0 Å². The van der Waals surface area contributed by atoms with Gasteiger partial charge in [0, 0.05) is 0 Å². The number of benzene rings is 1. The van der Waals surface area contributed by atoms with Gasteiger partial charge in [0.15, 0.2) is 0 Å². The van der Waals surface area contributed by atoms with Crippen LogP contribution in [-0.2, 0) is 0 Å². The van der Waals surface area contributed by atoms with Crippen molar-refractivity contribution in [3.05, 3.63) is 48.0 Å². The van der Waals surface area contributed by atoms with Gasteiger partial charge in [-0.1, -0.05) is 56.3 Å². The van der Waals surface area contributed by atoms with Gasteiger partial charge in [-0.2, -0.15) is 0 Å². The highest BCUT2D eigenvalue weighted by Crippen LogP contribution is 2.24. The molecule has 0 aliphatic rings. The monoisotopic (exact) mass is 174 g/mol. The molecule has 0 fully saturated rings. The third kappa shape index (κ3) is 2.73. The van der Waals surface area contributed by atoms with E-state index in [9.17, 15) is 0 Å². The molecule has 0 nitrogen and oxygen atoms in total. The molecule has 0 aliphatic carbocycles. The lowest BCUT2D eigenvalue weighted by molar-refractivity contribution is 0.591. The molecular formula is C13H18. The van der Waals surface area contributed by atoms with Crippen LogP contribution >= 0.6 is 0 Å². The van der Waals surface area contributed by atoms with Crippen molar-refractivity contribution in [2.75, 3.05) is 0 Å². The van der Waals surface area contributed by atoms with Gasteiger partial charge in [0.05, 0.1) is 0 Å². The molecule has 0 aromatic heterocycles. The van der Waals surface area contributed by atoms with Crippen LogP contribution in [0.5, 0.6) is 0 Å². The van der Waals surface area contributed by atoms with Gasteiger partial charge < -0.3 is 0 Å². The summed E-state index contributed by atoms with van der Waals surface area (Å²) in [6.45, 7) is 6.62. The Morgan fingerprint density at radius 1 is 1.08 bits per heavy atom. The minimum absolute atomic E-state index is 0.609. The molecule has 0 amide bonds. The lowest BCUT2D eigenvalue weighted by atomic mass is 9.89. The van der Waals surface area contributed by atoms with Gasteiger partial charge in [-0.25, -0.2) is 0 Å². The van der Waals surface area contributed by atoms with E-state index in [-0.39, 0.29) is 0 Å². The first kappa shape index (κ1) is 10.0. The molecule has 0 saturated carbocycles. The first-order valence-corrected chi connectivity index (χ1v) is 4.93. The van der Waals surface area contributed by atoms with Crippen LogP contribution in [0.1, 0.15) is 32.3 Å². The highest BCUT2D eigenvalue weighted by Gasteiger charge is 2.10. The molecule has 0 spiro atoms. The van der Waals surface area contributed by atoms with Crippen LogP contribution in [0.3, 0.4) is 0 Å². The first-order chi connectivity index (χ1) is 6.25. The molecule has 0 heterocycles. The normalized spacial score (nSPS) is 15.9. The molecule has 2 atom stereocenters. The number of hydrogen-bond donors (Lipinski definition) is 0. The van der Waals surface area contributed by atoms with Gasteiger partial charge in [-0.05, 0) is 24.3 Å². The molecule has 0 saturated heterocycles. The Morgan fingerprint density at radius 2 is 1.69 bits per heavy atom. The van der Waals surface area contributed by atoms with Crippen LogP contribution in [0.15, 0.2) is 42.5 Å². The van der Waals surface area contributed by atoms with Crippen molar-refractivity contribution in [2.24, 2.45) is 5.92 Å². The fraction of sp³-hybridized carbons (Fsp3) is 0.385. The number of allylic oxidation sites excluding steroid dienone is 2. The molecule has 1 aromatic carbocycles. The van der Waals surface area contributed by atoms with E-state index >= 15 is 0 Å². The summed E-state index contributed by atoms with van der Waals surface area (Å²) in [6, 6.07) is 10.7. The van der Waals surface area contributed by atoms with Gasteiger partial charge in [0.1, 0.15) is 0 Å². The maximum Gasteiger partial charge on any atom is -0.0130 e. The summed E-state index contributed by atoms with van der Waals surface area (Å²) in [5.74, 6) is 1.23. The van der Waals surface area contributed by atoms with E-state index in [0.717, 1.165) is 0 Å². The van der Waals surface area contributed by atoms with Crippen LogP contribution in [0.2, 0.25) is 0 Å². The van der Waals surface area contributed by atoms with Crippen LogP contribution < -0.4 is 0 Å². The summed E-state index contributed by atoms with van der Waals surface area (Å²) in [5, 5.41) is 0. The van der Waals surface area contributed by atoms with E-state index in [4.69, 9.17) is 0 Å². The molecule has 0 radical (unpaired) electrons. The van der Waals surface area contributed by atoms with E-state index in [1.807, 2.05) is 0 Å².